The van der Waals surface area contributed by atoms with Crippen molar-refractivity contribution in [1.82, 2.24) is 19.8 Å². The molecule has 3 fully saturated rings. The minimum Gasteiger partial charge on any atom is -0.465 e. The van der Waals surface area contributed by atoms with Gasteiger partial charge >= 0.3 is 6.09 Å². The van der Waals surface area contributed by atoms with Gasteiger partial charge in [-0.15, -0.1) is 11.8 Å². The number of sulfonamides is 1. The van der Waals surface area contributed by atoms with Gasteiger partial charge in [0.2, 0.25) is 21.8 Å². The van der Waals surface area contributed by atoms with Gasteiger partial charge in [-0.2, -0.15) is 0 Å². The lowest BCUT2D eigenvalue weighted by molar-refractivity contribution is -0.144. The Hall–Kier alpha value is -3.84. The Kier molecular flexibility index (Phi) is 12.1. The van der Waals surface area contributed by atoms with Crippen LogP contribution in [0, 0.1) is 5.92 Å². The smallest absolute Gasteiger partial charge is 0.408 e. The number of unbranched alkanes of at least 4 members (excludes halogenated alkanes) is 1. The SMILES string of the molecule is CCCCS[C@@]1(c2ccc(-c3ccccc3)cc2)C[C@H]2C(=O)N[C@]3(C(=O)NS(=O)(=O)C4CC4)C[C@H]3C=CCCCCC[C@H](N(C(=O)O)C(C)(C)C)C(=O)N2C1. The van der Waals surface area contributed by atoms with E-state index in [-0.39, 0.29) is 19.4 Å². The molecule has 0 radical (unpaired) electrons. The van der Waals surface area contributed by atoms with Crippen molar-refractivity contribution in [2.45, 2.75) is 131 Å². The maximum absolute atomic E-state index is 15.1. The summed E-state index contributed by atoms with van der Waals surface area (Å²) in [5, 5.41) is 12.9. The number of hydrogen-bond acceptors (Lipinski definition) is 7. The van der Waals surface area contributed by atoms with E-state index in [0.29, 0.717) is 32.1 Å². The van der Waals surface area contributed by atoms with Gasteiger partial charge in [-0.25, -0.2) is 13.2 Å². The van der Waals surface area contributed by atoms with E-state index in [4.69, 9.17) is 0 Å². The summed E-state index contributed by atoms with van der Waals surface area (Å²) < 4.78 is 27.5. The van der Waals surface area contributed by atoms with Gasteiger partial charge < -0.3 is 15.3 Å². The Bertz CT molecular complexity index is 1880. The molecule has 11 nitrogen and oxygen atoms in total. The zero-order valence-electron chi connectivity index (χ0n) is 32.5. The highest BCUT2D eigenvalue weighted by Gasteiger charge is 2.63. The Morgan fingerprint density at radius 1 is 0.982 bits per heavy atom. The van der Waals surface area contributed by atoms with Gasteiger partial charge in [0.15, 0.2) is 0 Å². The number of rotatable bonds is 10. The standard InChI is InChI=1S/C42H56N4O7S2/c1-5-6-25-54-41(31-21-19-30(20-22-31)29-15-11-10-12-16-29)27-35-36(47)43-42(38(49)44-55(52,53)33-23-24-33)26-32(42)17-13-8-7-9-14-18-34(37(48)45(35)28-41)46(39(50)51)40(2,3)4/h10-13,15-17,19-22,32-35H,5-9,14,18,23-28H2,1-4H3,(H,43,47)(H,44,49)(H,50,51)/t32-,34+,35+,41+,42-/m1/s1. The molecule has 2 heterocycles. The molecule has 0 aromatic heterocycles. The van der Waals surface area contributed by atoms with Crippen LogP contribution in [0.4, 0.5) is 4.79 Å². The van der Waals surface area contributed by atoms with E-state index in [0.717, 1.165) is 48.1 Å². The molecule has 5 atom stereocenters. The van der Waals surface area contributed by atoms with Gasteiger partial charge in [-0.1, -0.05) is 92.9 Å². The van der Waals surface area contributed by atoms with Crippen LogP contribution in [0.25, 0.3) is 11.1 Å². The zero-order chi connectivity index (χ0) is 39.6. The average molecular weight is 793 g/mol. The maximum atomic E-state index is 15.1. The summed E-state index contributed by atoms with van der Waals surface area (Å²) in [7, 11) is -3.89. The topological polar surface area (TPSA) is 153 Å². The molecule has 2 saturated carbocycles. The number of nitrogens with one attached hydrogen (secondary N) is 2. The molecule has 13 heteroatoms. The molecule has 2 aliphatic carbocycles. The number of benzene rings is 2. The second kappa shape index (κ2) is 16.3. The number of amides is 4. The summed E-state index contributed by atoms with van der Waals surface area (Å²) in [6.07, 6.45) is 9.13. The predicted octanol–water partition coefficient (Wildman–Crippen LogP) is 6.83. The van der Waals surface area contributed by atoms with Gasteiger partial charge in [0, 0.05) is 18.0 Å². The third-order valence-electron chi connectivity index (χ3n) is 11.5. The van der Waals surface area contributed by atoms with E-state index in [2.05, 4.69) is 41.2 Å². The summed E-state index contributed by atoms with van der Waals surface area (Å²) in [6.45, 7) is 7.59. The third kappa shape index (κ3) is 8.93. The van der Waals surface area contributed by atoms with Crippen molar-refractivity contribution in [2.24, 2.45) is 5.92 Å². The van der Waals surface area contributed by atoms with Crippen LogP contribution >= 0.6 is 11.8 Å². The summed E-state index contributed by atoms with van der Waals surface area (Å²) in [5.41, 5.74) is 0.652. The van der Waals surface area contributed by atoms with Crippen LogP contribution < -0.4 is 10.0 Å². The van der Waals surface area contributed by atoms with Crippen LogP contribution in [0.5, 0.6) is 0 Å². The Morgan fingerprint density at radius 3 is 2.31 bits per heavy atom. The van der Waals surface area contributed by atoms with E-state index in [9.17, 15) is 27.9 Å². The highest BCUT2D eigenvalue weighted by Crippen LogP contribution is 2.50. The van der Waals surface area contributed by atoms with Gasteiger partial charge in [0.05, 0.1) is 10.00 Å². The molecule has 4 aliphatic rings. The molecular formula is C42H56N4O7S2. The quantitative estimate of drug-likeness (QED) is 0.175. The van der Waals surface area contributed by atoms with Crippen molar-refractivity contribution < 1.29 is 32.7 Å². The molecular weight excluding hydrogens is 737 g/mol. The number of carbonyl (C=O) groups excluding carboxylic acids is 3. The Labute approximate surface area is 330 Å². The second-order valence-corrected chi connectivity index (χ2v) is 20.1. The van der Waals surface area contributed by atoms with E-state index in [1.54, 1.807) is 37.4 Å². The number of allylic oxidation sites excluding steroid dienone is 1. The fourth-order valence-corrected chi connectivity index (χ4v) is 11.2. The van der Waals surface area contributed by atoms with Gasteiger partial charge in [0.1, 0.15) is 17.6 Å². The van der Waals surface area contributed by atoms with Gasteiger partial charge in [-0.05, 0) is 94.6 Å². The molecule has 1 saturated heterocycles. The van der Waals surface area contributed by atoms with Crippen molar-refractivity contribution in [3.8, 4) is 11.1 Å². The molecule has 2 aromatic carbocycles. The fraction of sp³-hybridized carbons (Fsp3) is 0.571. The van der Waals surface area contributed by atoms with Crippen molar-refractivity contribution in [3.63, 3.8) is 0 Å². The monoisotopic (exact) mass is 792 g/mol. The highest BCUT2D eigenvalue weighted by atomic mass is 32.2. The number of carbonyl (C=O) groups is 4. The van der Waals surface area contributed by atoms with E-state index in [1.807, 2.05) is 42.5 Å². The van der Waals surface area contributed by atoms with Crippen molar-refractivity contribution in [1.29, 1.82) is 0 Å². The van der Waals surface area contributed by atoms with E-state index in [1.165, 1.54) is 4.90 Å². The summed E-state index contributed by atoms with van der Waals surface area (Å²) in [5.74, 6) is -1.38. The number of carboxylic acid groups (broad SMARTS) is 1. The maximum Gasteiger partial charge on any atom is 0.408 e. The summed E-state index contributed by atoms with van der Waals surface area (Å²) in [4.78, 5) is 59.6. The number of hydrogen-bond donors (Lipinski definition) is 3. The first-order valence-corrected chi connectivity index (χ1v) is 22.3. The first-order valence-electron chi connectivity index (χ1n) is 19.8. The zero-order valence-corrected chi connectivity index (χ0v) is 34.1. The fourth-order valence-electron chi connectivity index (χ4n) is 8.19. The highest BCUT2D eigenvalue weighted by molar-refractivity contribution is 8.00. The normalized spacial score (nSPS) is 27.6. The first kappa shape index (κ1) is 40.8. The molecule has 298 valence electrons. The molecule has 3 N–H and O–H groups in total. The van der Waals surface area contributed by atoms with Gasteiger partial charge in [0.25, 0.3) is 5.91 Å². The van der Waals surface area contributed by atoms with Crippen molar-refractivity contribution in [3.05, 3.63) is 72.3 Å². The predicted molar refractivity (Wildman–Crippen MR) is 216 cm³/mol. The molecule has 4 amide bonds. The third-order valence-corrected chi connectivity index (χ3v) is 14.9. The molecule has 0 bridgehead atoms. The minimum absolute atomic E-state index is 0.162. The summed E-state index contributed by atoms with van der Waals surface area (Å²) >= 11 is 1.71. The number of thioether (sulfide) groups is 1. The molecule has 0 spiro atoms. The van der Waals surface area contributed by atoms with Crippen LogP contribution in [-0.4, -0.2) is 87.8 Å². The van der Waals surface area contributed by atoms with Crippen LogP contribution in [-0.2, 0) is 29.2 Å². The minimum atomic E-state index is -3.89. The Balaban J connectivity index is 1.43. The lowest BCUT2D eigenvalue weighted by Gasteiger charge is -2.41. The van der Waals surface area contributed by atoms with Crippen molar-refractivity contribution in [2.75, 3.05) is 12.3 Å². The second-order valence-electron chi connectivity index (χ2n) is 16.7. The van der Waals surface area contributed by atoms with Crippen LogP contribution in [0.3, 0.4) is 0 Å². The average Bonchev–Trinajstić information content (AvgIpc) is 4.07. The first-order chi connectivity index (χ1) is 26.1. The van der Waals surface area contributed by atoms with E-state index >= 15 is 4.79 Å². The van der Waals surface area contributed by atoms with Crippen molar-refractivity contribution >= 4 is 45.6 Å². The Morgan fingerprint density at radius 2 is 1.67 bits per heavy atom. The summed E-state index contributed by atoms with van der Waals surface area (Å²) in [6, 6.07) is 16.2. The van der Waals surface area contributed by atoms with Crippen LogP contribution in [0.1, 0.15) is 104 Å². The molecule has 6 rings (SSSR count). The van der Waals surface area contributed by atoms with Crippen LogP contribution in [0.15, 0.2) is 66.7 Å². The number of nitrogens with zero attached hydrogens (tertiary/aromatic N) is 2. The van der Waals surface area contributed by atoms with E-state index < -0.39 is 72.9 Å². The lowest BCUT2D eigenvalue weighted by Crippen LogP contribution is -2.60. The largest absolute Gasteiger partial charge is 0.465 e. The van der Waals surface area contributed by atoms with Gasteiger partial charge in [-0.3, -0.25) is 24.0 Å². The number of fused-ring (bicyclic) bond motifs is 2. The molecule has 2 aliphatic heterocycles. The molecule has 2 aromatic rings. The molecule has 55 heavy (non-hydrogen) atoms. The molecule has 0 unspecified atom stereocenters. The van der Waals surface area contributed by atoms with Crippen LogP contribution in [0.2, 0.25) is 0 Å². The lowest BCUT2D eigenvalue weighted by atomic mass is 9.93.